The fourth-order valence-corrected chi connectivity index (χ4v) is 1.82. The van der Waals surface area contributed by atoms with Crippen molar-refractivity contribution < 1.29 is 4.74 Å². The Morgan fingerprint density at radius 3 is 2.50 bits per heavy atom. The summed E-state index contributed by atoms with van der Waals surface area (Å²) in [7, 11) is 3.87. The molecule has 0 aliphatic rings. The number of nitrogens with zero attached hydrogens (tertiary/aromatic N) is 1. The SMILES string of the molecule is CCC(C)(C)N(C)Cc1cc(CN)ccc1OC. The van der Waals surface area contributed by atoms with Crippen molar-refractivity contribution >= 4 is 0 Å². The molecule has 0 saturated carbocycles. The second-order valence-electron chi connectivity index (χ2n) is 5.37. The van der Waals surface area contributed by atoms with E-state index in [0.717, 1.165) is 24.3 Å². The van der Waals surface area contributed by atoms with Gasteiger partial charge in [-0.2, -0.15) is 0 Å². The molecule has 18 heavy (non-hydrogen) atoms. The van der Waals surface area contributed by atoms with Crippen molar-refractivity contribution in [2.75, 3.05) is 14.2 Å². The summed E-state index contributed by atoms with van der Waals surface area (Å²) in [6.45, 7) is 8.16. The molecule has 0 aliphatic heterocycles. The van der Waals surface area contributed by atoms with Crippen LogP contribution in [0.3, 0.4) is 0 Å². The van der Waals surface area contributed by atoms with Gasteiger partial charge >= 0.3 is 0 Å². The van der Waals surface area contributed by atoms with Gasteiger partial charge in [0.1, 0.15) is 5.75 Å². The number of benzene rings is 1. The van der Waals surface area contributed by atoms with Crippen molar-refractivity contribution in [2.45, 2.75) is 45.8 Å². The third-order valence-corrected chi connectivity index (χ3v) is 3.89. The molecule has 0 aromatic heterocycles. The van der Waals surface area contributed by atoms with Gasteiger partial charge in [-0.25, -0.2) is 0 Å². The zero-order valence-corrected chi connectivity index (χ0v) is 12.3. The molecule has 102 valence electrons. The maximum atomic E-state index is 5.70. The largest absolute Gasteiger partial charge is 0.496 e. The molecule has 0 unspecified atom stereocenters. The highest BCUT2D eigenvalue weighted by Gasteiger charge is 2.22. The molecule has 0 fully saturated rings. The van der Waals surface area contributed by atoms with E-state index in [2.05, 4.69) is 38.8 Å². The molecule has 3 heteroatoms. The quantitative estimate of drug-likeness (QED) is 0.843. The van der Waals surface area contributed by atoms with E-state index >= 15 is 0 Å². The van der Waals surface area contributed by atoms with E-state index in [1.54, 1.807) is 7.11 Å². The highest BCUT2D eigenvalue weighted by atomic mass is 16.5. The molecule has 1 rings (SSSR count). The summed E-state index contributed by atoms with van der Waals surface area (Å²) >= 11 is 0. The topological polar surface area (TPSA) is 38.5 Å². The van der Waals surface area contributed by atoms with E-state index in [9.17, 15) is 0 Å². The monoisotopic (exact) mass is 250 g/mol. The average Bonchev–Trinajstić information content (AvgIpc) is 2.38. The fourth-order valence-electron chi connectivity index (χ4n) is 1.82. The summed E-state index contributed by atoms with van der Waals surface area (Å²) in [5, 5.41) is 0. The summed E-state index contributed by atoms with van der Waals surface area (Å²) in [6, 6.07) is 6.17. The number of hydrogen-bond donors (Lipinski definition) is 1. The molecule has 0 radical (unpaired) electrons. The van der Waals surface area contributed by atoms with Gasteiger partial charge in [0.2, 0.25) is 0 Å². The smallest absolute Gasteiger partial charge is 0.123 e. The highest BCUT2D eigenvalue weighted by molar-refractivity contribution is 5.37. The summed E-state index contributed by atoms with van der Waals surface area (Å²) in [5.41, 5.74) is 8.23. The van der Waals surface area contributed by atoms with E-state index in [4.69, 9.17) is 10.5 Å². The minimum absolute atomic E-state index is 0.184. The Morgan fingerprint density at radius 2 is 2.00 bits per heavy atom. The summed E-state index contributed by atoms with van der Waals surface area (Å²) in [4.78, 5) is 2.35. The molecular weight excluding hydrogens is 224 g/mol. The Balaban J connectivity index is 2.95. The van der Waals surface area contributed by atoms with Gasteiger partial charge in [0.05, 0.1) is 7.11 Å². The number of ether oxygens (including phenoxy) is 1. The maximum absolute atomic E-state index is 5.70. The van der Waals surface area contributed by atoms with E-state index in [0.29, 0.717) is 6.54 Å². The molecule has 0 atom stereocenters. The first-order valence-corrected chi connectivity index (χ1v) is 6.51. The van der Waals surface area contributed by atoms with Crippen LogP contribution in [0.4, 0.5) is 0 Å². The van der Waals surface area contributed by atoms with E-state index in [1.165, 1.54) is 5.56 Å². The van der Waals surface area contributed by atoms with E-state index in [1.807, 2.05) is 12.1 Å². The second-order valence-corrected chi connectivity index (χ2v) is 5.37. The standard InChI is InChI=1S/C15H26N2O/c1-6-15(2,3)17(4)11-13-9-12(10-16)7-8-14(13)18-5/h7-9H,6,10-11,16H2,1-5H3. The normalized spacial score (nSPS) is 11.9. The lowest BCUT2D eigenvalue weighted by atomic mass is 9.98. The summed E-state index contributed by atoms with van der Waals surface area (Å²) < 4.78 is 5.42. The molecule has 1 aromatic carbocycles. The number of methoxy groups -OCH3 is 1. The van der Waals surface area contributed by atoms with Gasteiger partial charge in [0.15, 0.2) is 0 Å². The van der Waals surface area contributed by atoms with Crippen LogP contribution in [0.2, 0.25) is 0 Å². The molecule has 1 aromatic rings. The molecule has 0 bridgehead atoms. The van der Waals surface area contributed by atoms with Gasteiger partial charge in [-0.05, 0) is 45.0 Å². The third kappa shape index (κ3) is 3.47. The average molecular weight is 250 g/mol. The Labute approximate surface area is 111 Å². The van der Waals surface area contributed by atoms with Crippen molar-refractivity contribution in [2.24, 2.45) is 5.73 Å². The van der Waals surface area contributed by atoms with Crippen molar-refractivity contribution in [1.82, 2.24) is 4.90 Å². The van der Waals surface area contributed by atoms with Crippen molar-refractivity contribution in [1.29, 1.82) is 0 Å². The van der Waals surface area contributed by atoms with E-state index < -0.39 is 0 Å². The van der Waals surface area contributed by atoms with Gasteiger partial charge in [-0.1, -0.05) is 13.0 Å². The summed E-state index contributed by atoms with van der Waals surface area (Å²) in [5.74, 6) is 0.936. The number of rotatable bonds is 6. The second kappa shape index (κ2) is 6.21. The third-order valence-electron chi connectivity index (χ3n) is 3.89. The van der Waals surface area contributed by atoms with Crippen molar-refractivity contribution in [3.05, 3.63) is 29.3 Å². The van der Waals surface area contributed by atoms with Crippen LogP contribution < -0.4 is 10.5 Å². The van der Waals surface area contributed by atoms with Crippen LogP contribution in [0.1, 0.15) is 38.3 Å². The van der Waals surface area contributed by atoms with Gasteiger partial charge in [-0.15, -0.1) is 0 Å². The van der Waals surface area contributed by atoms with Gasteiger partial charge in [0, 0.05) is 24.2 Å². The van der Waals surface area contributed by atoms with Gasteiger partial charge < -0.3 is 10.5 Å². The first kappa shape index (κ1) is 15.0. The Bertz CT molecular complexity index is 388. The molecule has 2 N–H and O–H groups in total. The van der Waals surface area contributed by atoms with Crippen LogP contribution in [0.15, 0.2) is 18.2 Å². The molecule has 0 heterocycles. The lowest BCUT2D eigenvalue weighted by molar-refractivity contribution is 0.141. The first-order valence-electron chi connectivity index (χ1n) is 6.51. The number of hydrogen-bond acceptors (Lipinski definition) is 3. The van der Waals surface area contributed by atoms with Crippen LogP contribution in [0.5, 0.6) is 5.75 Å². The first-order chi connectivity index (χ1) is 8.44. The van der Waals surface area contributed by atoms with Crippen LogP contribution in [0, 0.1) is 0 Å². The Kier molecular flexibility index (Phi) is 5.17. The minimum atomic E-state index is 0.184. The van der Waals surface area contributed by atoms with Crippen molar-refractivity contribution in [3.8, 4) is 5.75 Å². The van der Waals surface area contributed by atoms with Crippen LogP contribution in [-0.2, 0) is 13.1 Å². The highest BCUT2D eigenvalue weighted by Crippen LogP contribution is 2.25. The van der Waals surface area contributed by atoms with Gasteiger partial charge in [-0.3, -0.25) is 4.90 Å². The fraction of sp³-hybridized carbons (Fsp3) is 0.600. The van der Waals surface area contributed by atoms with Crippen LogP contribution >= 0.6 is 0 Å². The molecule has 0 saturated heterocycles. The molecule has 0 aliphatic carbocycles. The van der Waals surface area contributed by atoms with Crippen LogP contribution in [0.25, 0.3) is 0 Å². The Hall–Kier alpha value is -1.06. The van der Waals surface area contributed by atoms with Crippen molar-refractivity contribution in [3.63, 3.8) is 0 Å². The zero-order valence-electron chi connectivity index (χ0n) is 12.3. The van der Waals surface area contributed by atoms with E-state index in [-0.39, 0.29) is 5.54 Å². The van der Waals surface area contributed by atoms with Gasteiger partial charge in [0.25, 0.3) is 0 Å². The molecule has 0 spiro atoms. The van der Waals surface area contributed by atoms with Crippen LogP contribution in [-0.4, -0.2) is 24.6 Å². The molecular formula is C15H26N2O. The predicted molar refractivity (Wildman–Crippen MR) is 76.7 cm³/mol. The molecule has 0 amide bonds. The minimum Gasteiger partial charge on any atom is -0.496 e. The predicted octanol–water partition coefficient (Wildman–Crippen LogP) is 2.77. The number of nitrogens with two attached hydrogens (primary N) is 1. The maximum Gasteiger partial charge on any atom is 0.123 e. The lowest BCUT2D eigenvalue weighted by Gasteiger charge is -2.35. The Morgan fingerprint density at radius 1 is 1.33 bits per heavy atom. The molecule has 3 nitrogen and oxygen atoms in total. The summed E-state index contributed by atoms with van der Waals surface area (Å²) in [6.07, 6.45) is 1.11. The zero-order chi connectivity index (χ0) is 13.8. The lowest BCUT2D eigenvalue weighted by Crippen LogP contribution is -2.39.